The number of carbonyl (C=O) groups is 1. The van der Waals surface area contributed by atoms with Gasteiger partial charge in [-0.15, -0.1) is 0 Å². The van der Waals surface area contributed by atoms with Gasteiger partial charge in [0.15, 0.2) is 0 Å². The lowest BCUT2D eigenvalue weighted by Crippen LogP contribution is -2.40. The summed E-state index contributed by atoms with van der Waals surface area (Å²) in [7, 11) is -2.34. The number of nitrogens with one attached hydrogen (secondary N) is 1. The Bertz CT molecular complexity index is 1270. The van der Waals surface area contributed by atoms with E-state index < -0.39 is 16.1 Å². The Morgan fingerprint density at radius 2 is 1.69 bits per heavy atom. The number of hydrogen-bond donors (Lipinski definition) is 2. The van der Waals surface area contributed by atoms with Crippen LogP contribution in [0.3, 0.4) is 0 Å². The Kier molecular flexibility index (Phi) is 7.42. The minimum Gasteiger partial charge on any atom is -0.497 e. The summed E-state index contributed by atoms with van der Waals surface area (Å²) in [5.41, 5.74) is 2.36. The number of hydrogen-bond acceptors (Lipinski definition) is 5. The van der Waals surface area contributed by atoms with E-state index in [0.717, 1.165) is 5.56 Å². The maximum atomic E-state index is 13.3. The standard InChI is InChI=1S/C27H30N2O5S/c1-19-8-13-24(35(32,33)28-22-9-11-23(34-2)12-10-22)18-25(19)27(31)29-16-14-21(15-17-29)26(30)20-6-4-3-5-7-20/h3-13,18,21,26,28,30H,14-17H2,1-2H3. The van der Waals surface area contributed by atoms with Gasteiger partial charge in [-0.05, 0) is 73.2 Å². The smallest absolute Gasteiger partial charge is 0.261 e. The second-order valence-corrected chi connectivity index (χ2v) is 10.5. The number of benzene rings is 3. The molecule has 1 amide bonds. The molecular formula is C27H30N2O5S. The predicted molar refractivity (Wildman–Crippen MR) is 135 cm³/mol. The Hall–Kier alpha value is -3.36. The first-order valence-electron chi connectivity index (χ1n) is 11.6. The van der Waals surface area contributed by atoms with Crippen molar-refractivity contribution in [3.63, 3.8) is 0 Å². The molecule has 1 saturated heterocycles. The summed E-state index contributed by atoms with van der Waals surface area (Å²) in [5.74, 6) is 0.496. The summed E-state index contributed by atoms with van der Waals surface area (Å²) in [5, 5.41) is 10.7. The van der Waals surface area contributed by atoms with Crippen LogP contribution in [0.1, 0.15) is 40.4 Å². The fraction of sp³-hybridized carbons (Fsp3) is 0.296. The topological polar surface area (TPSA) is 95.9 Å². The lowest BCUT2D eigenvalue weighted by Gasteiger charge is -2.34. The van der Waals surface area contributed by atoms with Crippen molar-refractivity contribution in [1.29, 1.82) is 0 Å². The third-order valence-corrected chi connectivity index (χ3v) is 7.89. The lowest BCUT2D eigenvalue weighted by atomic mass is 9.87. The summed E-state index contributed by atoms with van der Waals surface area (Å²) in [6.07, 6.45) is 0.795. The molecule has 0 aliphatic carbocycles. The number of likely N-dealkylation sites (tertiary alicyclic amines) is 1. The van der Waals surface area contributed by atoms with Gasteiger partial charge in [-0.2, -0.15) is 0 Å². The van der Waals surface area contributed by atoms with E-state index in [1.807, 2.05) is 30.3 Å². The molecule has 2 N–H and O–H groups in total. The summed E-state index contributed by atoms with van der Waals surface area (Å²) in [6.45, 7) is 2.81. The van der Waals surface area contributed by atoms with E-state index in [1.165, 1.54) is 19.2 Å². The molecule has 4 rings (SSSR count). The molecule has 7 nitrogen and oxygen atoms in total. The summed E-state index contributed by atoms with van der Waals surface area (Å²) < 4.78 is 33.6. The lowest BCUT2D eigenvalue weighted by molar-refractivity contribution is 0.0461. The van der Waals surface area contributed by atoms with Crippen LogP contribution in [0, 0.1) is 12.8 Å². The van der Waals surface area contributed by atoms with Gasteiger partial charge in [0.1, 0.15) is 5.75 Å². The van der Waals surface area contributed by atoms with Gasteiger partial charge in [0.2, 0.25) is 0 Å². The Morgan fingerprint density at radius 1 is 1.03 bits per heavy atom. The molecule has 1 atom stereocenters. The second-order valence-electron chi connectivity index (χ2n) is 8.80. The van der Waals surface area contributed by atoms with Crippen LogP contribution < -0.4 is 9.46 Å². The van der Waals surface area contributed by atoms with Crippen molar-refractivity contribution in [3.05, 3.63) is 89.5 Å². The average Bonchev–Trinajstić information content (AvgIpc) is 2.89. The van der Waals surface area contributed by atoms with Crippen molar-refractivity contribution in [2.75, 3.05) is 24.9 Å². The number of rotatable bonds is 7. The number of aryl methyl sites for hydroxylation is 1. The minimum atomic E-state index is -3.88. The molecule has 1 aliphatic rings. The number of carbonyl (C=O) groups excluding carboxylic acids is 1. The second kappa shape index (κ2) is 10.5. The van der Waals surface area contributed by atoms with Crippen molar-refractivity contribution in [2.45, 2.75) is 30.8 Å². The number of piperidine rings is 1. The molecule has 3 aromatic carbocycles. The number of aliphatic hydroxyl groups is 1. The molecule has 0 bridgehead atoms. The Labute approximate surface area is 206 Å². The van der Waals surface area contributed by atoms with Crippen LogP contribution in [0.25, 0.3) is 0 Å². The monoisotopic (exact) mass is 494 g/mol. The van der Waals surface area contributed by atoms with E-state index in [4.69, 9.17) is 4.74 Å². The van der Waals surface area contributed by atoms with Gasteiger partial charge in [-0.3, -0.25) is 9.52 Å². The molecule has 0 aromatic heterocycles. The zero-order valence-corrected chi connectivity index (χ0v) is 20.7. The first-order valence-corrected chi connectivity index (χ1v) is 13.1. The van der Waals surface area contributed by atoms with E-state index in [0.29, 0.717) is 48.5 Å². The SMILES string of the molecule is COc1ccc(NS(=O)(=O)c2ccc(C)c(C(=O)N3CCC(C(O)c4ccccc4)CC3)c2)cc1. The van der Waals surface area contributed by atoms with Crippen LogP contribution >= 0.6 is 0 Å². The number of nitrogens with zero attached hydrogens (tertiary/aromatic N) is 1. The number of sulfonamides is 1. The van der Waals surface area contributed by atoms with Crippen molar-refractivity contribution >= 4 is 21.6 Å². The summed E-state index contributed by atoms with van der Waals surface area (Å²) >= 11 is 0. The van der Waals surface area contributed by atoms with E-state index in [-0.39, 0.29) is 16.7 Å². The highest BCUT2D eigenvalue weighted by molar-refractivity contribution is 7.92. The van der Waals surface area contributed by atoms with Gasteiger partial charge in [0.05, 0.1) is 18.1 Å². The fourth-order valence-electron chi connectivity index (χ4n) is 4.38. The zero-order chi connectivity index (χ0) is 25.0. The van der Waals surface area contributed by atoms with Crippen molar-refractivity contribution in [2.24, 2.45) is 5.92 Å². The molecule has 0 spiro atoms. The van der Waals surface area contributed by atoms with Crippen LogP contribution in [0.5, 0.6) is 5.75 Å². The molecule has 1 unspecified atom stereocenters. The highest BCUT2D eigenvalue weighted by Gasteiger charge is 2.29. The van der Waals surface area contributed by atoms with Gasteiger partial charge >= 0.3 is 0 Å². The van der Waals surface area contributed by atoms with E-state index in [2.05, 4.69) is 4.72 Å². The summed E-state index contributed by atoms with van der Waals surface area (Å²) in [4.78, 5) is 15.1. The third-order valence-electron chi connectivity index (χ3n) is 6.51. The number of ether oxygens (including phenoxy) is 1. The largest absolute Gasteiger partial charge is 0.497 e. The predicted octanol–water partition coefficient (Wildman–Crippen LogP) is 4.39. The van der Waals surface area contributed by atoms with Gasteiger partial charge in [-0.25, -0.2) is 8.42 Å². The van der Waals surface area contributed by atoms with Gasteiger partial charge in [0, 0.05) is 24.3 Å². The molecule has 8 heteroatoms. The van der Waals surface area contributed by atoms with Crippen molar-refractivity contribution in [3.8, 4) is 5.75 Å². The highest BCUT2D eigenvalue weighted by atomic mass is 32.2. The molecule has 1 aliphatic heterocycles. The molecular weight excluding hydrogens is 464 g/mol. The summed E-state index contributed by atoms with van der Waals surface area (Å²) in [6, 6.07) is 20.7. The minimum absolute atomic E-state index is 0.0247. The molecule has 1 fully saturated rings. The number of methoxy groups -OCH3 is 1. The molecule has 0 saturated carbocycles. The number of anilines is 1. The third kappa shape index (κ3) is 5.66. The average molecular weight is 495 g/mol. The van der Waals surface area contributed by atoms with E-state index in [9.17, 15) is 18.3 Å². The van der Waals surface area contributed by atoms with E-state index >= 15 is 0 Å². The van der Waals surface area contributed by atoms with Crippen LogP contribution in [0.4, 0.5) is 5.69 Å². The van der Waals surface area contributed by atoms with Crippen LogP contribution in [-0.4, -0.2) is 44.5 Å². The maximum absolute atomic E-state index is 13.3. The van der Waals surface area contributed by atoms with Crippen LogP contribution in [0.15, 0.2) is 77.7 Å². The molecule has 3 aromatic rings. The Balaban J connectivity index is 1.46. The molecule has 1 heterocycles. The fourth-order valence-corrected chi connectivity index (χ4v) is 5.47. The van der Waals surface area contributed by atoms with Gasteiger partial charge in [-0.1, -0.05) is 36.4 Å². The molecule has 0 radical (unpaired) electrons. The highest BCUT2D eigenvalue weighted by Crippen LogP contribution is 2.31. The van der Waals surface area contributed by atoms with Gasteiger partial charge in [0.25, 0.3) is 15.9 Å². The molecule has 35 heavy (non-hydrogen) atoms. The first-order chi connectivity index (χ1) is 16.8. The quantitative estimate of drug-likeness (QED) is 0.508. The normalized spacial score (nSPS) is 15.5. The van der Waals surface area contributed by atoms with Crippen LogP contribution in [0.2, 0.25) is 0 Å². The van der Waals surface area contributed by atoms with Crippen LogP contribution in [-0.2, 0) is 10.0 Å². The number of amides is 1. The zero-order valence-electron chi connectivity index (χ0n) is 19.8. The Morgan fingerprint density at radius 3 is 2.31 bits per heavy atom. The molecule has 184 valence electrons. The van der Waals surface area contributed by atoms with Gasteiger partial charge < -0.3 is 14.7 Å². The van der Waals surface area contributed by atoms with E-state index in [1.54, 1.807) is 42.2 Å². The maximum Gasteiger partial charge on any atom is 0.261 e. The van der Waals surface area contributed by atoms with Crippen molar-refractivity contribution < 1.29 is 23.1 Å². The number of aliphatic hydroxyl groups excluding tert-OH is 1. The van der Waals surface area contributed by atoms with Crippen molar-refractivity contribution in [1.82, 2.24) is 4.90 Å². The first kappa shape index (κ1) is 24.8.